The average Bonchev–Trinajstić information content (AvgIpc) is 2.46. The van der Waals surface area contributed by atoms with Gasteiger partial charge in [-0.3, -0.25) is 4.79 Å². The molecule has 0 spiro atoms. The Kier molecular flexibility index (Phi) is 6.93. The van der Waals surface area contributed by atoms with Crippen molar-refractivity contribution in [2.24, 2.45) is 5.92 Å². The van der Waals surface area contributed by atoms with Crippen molar-refractivity contribution in [1.29, 1.82) is 0 Å². The third kappa shape index (κ3) is 5.28. The lowest BCUT2D eigenvalue weighted by molar-refractivity contribution is 0.0946. The molecule has 1 heterocycles. The zero-order valence-electron chi connectivity index (χ0n) is 12.2. The molecule has 0 aliphatic rings. The van der Waals surface area contributed by atoms with Gasteiger partial charge in [0.2, 0.25) is 0 Å². The van der Waals surface area contributed by atoms with Gasteiger partial charge in [-0.25, -0.2) is 4.98 Å². The van der Waals surface area contributed by atoms with Gasteiger partial charge in [-0.05, 0) is 24.5 Å². The summed E-state index contributed by atoms with van der Waals surface area (Å²) in [5.41, 5.74) is 0.666. The first-order chi connectivity index (χ1) is 9.21. The van der Waals surface area contributed by atoms with Crippen molar-refractivity contribution in [2.45, 2.75) is 40.0 Å². The zero-order valence-corrected chi connectivity index (χ0v) is 12.2. The number of pyridine rings is 1. The van der Waals surface area contributed by atoms with Crippen LogP contribution in [0.25, 0.3) is 0 Å². The molecule has 0 fully saturated rings. The van der Waals surface area contributed by atoms with Crippen LogP contribution < -0.4 is 10.6 Å². The van der Waals surface area contributed by atoms with E-state index in [-0.39, 0.29) is 5.91 Å². The molecule has 0 radical (unpaired) electrons. The van der Waals surface area contributed by atoms with E-state index in [2.05, 4.69) is 36.4 Å². The number of hydrogen-bond donors (Lipinski definition) is 2. The second kappa shape index (κ2) is 8.51. The van der Waals surface area contributed by atoms with E-state index in [0.717, 1.165) is 38.2 Å². The maximum absolute atomic E-state index is 12.0. The summed E-state index contributed by atoms with van der Waals surface area (Å²) in [7, 11) is 0. The molecule has 0 saturated heterocycles. The zero-order chi connectivity index (χ0) is 14.1. The standard InChI is InChI=1S/C15H25N3O/c1-4-8-16-14-10-13(7-9-17-14)15(19)18-11-12(5-2)6-3/h7,9-10,12H,4-6,8,11H2,1-3H3,(H,16,17)(H,18,19). The Hall–Kier alpha value is -1.58. The van der Waals surface area contributed by atoms with E-state index < -0.39 is 0 Å². The number of aromatic nitrogens is 1. The fourth-order valence-electron chi connectivity index (χ4n) is 1.84. The van der Waals surface area contributed by atoms with Crippen molar-refractivity contribution in [3.05, 3.63) is 23.9 Å². The van der Waals surface area contributed by atoms with Gasteiger partial charge in [0.15, 0.2) is 0 Å². The van der Waals surface area contributed by atoms with E-state index in [4.69, 9.17) is 0 Å². The molecule has 1 aromatic heterocycles. The molecule has 1 aromatic rings. The van der Waals surface area contributed by atoms with Crippen LogP contribution >= 0.6 is 0 Å². The van der Waals surface area contributed by atoms with Crippen LogP contribution in [-0.2, 0) is 0 Å². The van der Waals surface area contributed by atoms with Crippen LogP contribution in [0.2, 0.25) is 0 Å². The monoisotopic (exact) mass is 263 g/mol. The minimum atomic E-state index is -0.0196. The SMILES string of the molecule is CCCNc1cc(C(=O)NCC(CC)CC)ccn1. The topological polar surface area (TPSA) is 54.0 Å². The van der Waals surface area contributed by atoms with Crippen molar-refractivity contribution >= 4 is 11.7 Å². The molecule has 0 unspecified atom stereocenters. The van der Waals surface area contributed by atoms with Crippen LogP contribution in [-0.4, -0.2) is 24.0 Å². The Morgan fingerprint density at radius 2 is 2.05 bits per heavy atom. The average molecular weight is 263 g/mol. The van der Waals surface area contributed by atoms with Gasteiger partial charge in [-0.2, -0.15) is 0 Å². The maximum atomic E-state index is 12.0. The second-order valence-corrected chi connectivity index (χ2v) is 4.75. The van der Waals surface area contributed by atoms with E-state index in [0.29, 0.717) is 11.5 Å². The summed E-state index contributed by atoms with van der Waals surface area (Å²) < 4.78 is 0. The predicted molar refractivity (Wildman–Crippen MR) is 79.4 cm³/mol. The van der Waals surface area contributed by atoms with E-state index >= 15 is 0 Å². The fourth-order valence-corrected chi connectivity index (χ4v) is 1.84. The highest BCUT2D eigenvalue weighted by atomic mass is 16.1. The highest BCUT2D eigenvalue weighted by Crippen LogP contribution is 2.09. The van der Waals surface area contributed by atoms with E-state index in [1.165, 1.54) is 0 Å². The van der Waals surface area contributed by atoms with E-state index in [9.17, 15) is 4.79 Å². The Morgan fingerprint density at radius 1 is 1.32 bits per heavy atom. The van der Waals surface area contributed by atoms with Gasteiger partial charge in [0.05, 0.1) is 0 Å². The summed E-state index contributed by atoms with van der Waals surface area (Å²) in [5.74, 6) is 1.30. The summed E-state index contributed by atoms with van der Waals surface area (Å²) in [6.07, 6.45) is 4.89. The first kappa shape index (κ1) is 15.5. The first-order valence-corrected chi connectivity index (χ1v) is 7.19. The van der Waals surface area contributed by atoms with Crippen molar-refractivity contribution in [3.63, 3.8) is 0 Å². The number of carbonyl (C=O) groups excluding carboxylic acids is 1. The first-order valence-electron chi connectivity index (χ1n) is 7.19. The molecule has 0 aliphatic heterocycles. The van der Waals surface area contributed by atoms with Crippen LogP contribution in [0.1, 0.15) is 50.4 Å². The summed E-state index contributed by atoms with van der Waals surface area (Å²) in [6.45, 7) is 8.01. The molecule has 2 N–H and O–H groups in total. The van der Waals surface area contributed by atoms with Gasteiger partial charge < -0.3 is 10.6 Å². The van der Waals surface area contributed by atoms with Crippen molar-refractivity contribution in [3.8, 4) is 0 Å². The number of rotatable bonds is 8. The normalized spacial score (nSPS) is 10.5. The fraction of sp³-hybridized carbons (Fsp3) is 0.600. The Labute approximate surface area is 116 Å². The van der Waals surface area contributed by atoms with Crippen molar-refractivity contribution in [2.75, 3.05) is 18.4 Å². The van der Waals surface area contributed by atoms with Crippen LogP contribution in [0.5, 0.6) is 0 Å². The number of nitrogens with one attached hydrogen (secondary N) is 2. The molecular formula is C15H25N3O. The molecule has 19 heavy (non-hydrogen) atoms. The van der Waals surface area contributed by atoms with Gasteiger partial charge in [0.1, 0.15) is 5.82 Å². The Balaban J connectivity index is 2.56. The lowest BCUT2D eigenvalue weighted by Crippen LogP contribution is -2.29. The quantitative estimate of drug-likeness (QED) is 0.758. The van der Waals surface area contributed by atoms with Crippen LogP contribution in [0.4, 0.5) is 5.82 Å². The molecular weight excluding hydrogens is 238 g/mol. The number of amides is 1. The van der Waals surface area contributed by atoms with Crippen LogP contribution in [0, 0.1) is 5.92 Å². The van der Waals surface area contributed by atoms with Gasteiger partial charge in [-0.15, -0.1) is 0 Å². The lowest BCUT2D eigenvalue weighted by Gasteiger charge is -2.13. The summed E-state index contributed by atoms with van der Waals surface area (Å²) in [4.78, 5) is 16.2. The smallest absolute Gasteiger partial charge is 0.251 e. The third-order valence-corrected chi connectivity index (χ3v) is 3.28. The van der Waals surface area contributed by atoms with Gasteiger partial charge in [0, 0.05) is 24.8 Å². The minimum Gasteiger partial charge on any atom is -0.370 e. The summed E-state index contributed by atoms with van der Waals surface area (Å²) >= 11 is 0. The predicted octanol–water partition coefficient (Wildman–Crippen LogP) is 3.07. The molecule has 0 saturated carbocycles. The largest absolute Gasteiger partial charge is 0.370 e. The molecule has 4 nitrogen and oxygen atoms in total. The molecule has 0 bridgehead atoms. The number of nitrogens with zero attached hydrogens (tertiary/aromatic N) is 1. The molecule has 1 rings (SSSR count). The molecule has 0 atom stereocenters. The Morgan fingerprint density at radius 3 is 2.68 bits per heavy atom. The van der Waals surface area contributed by atoms with Crippen molar-refractivity contribution in [1.82, 2.24) is 10.3 Å². The molecule has 1 amide bonds. The minimum absolute atomic E-state index is 0.0196. The van der Waals surface area contributed by atoms with Crippen molar-refractivity contribution < 1.29 is 4.79 Å². The highest BCUT2D eigenvalue weighted by molar-refractivity contribution is 5.94. The lowest BCUT2D eigenvalue weighted by atomic mass is 10.0. The number of hydrogen-bond acceptors (Lipinski definition) is 3. The number of anilines is 1. The highest BCUT2D eigenvalue weighted by Gasteiger charge is 2.09. The van der Waals surface area contributed by atoms with E-state index in [1.807, 2.05) is 0 Å². The van der Waals surface area contributed by atoms with Crippen LogP contribution in [0.15, 0.2) is 18.3 Å². The van der Waals surface area contributed by atoms with Gasteiger partial charge >= 0.3 is 0 Å². The molecule has 0 aliphatic carbocycles. The van der Waals surface area contributed by atoms with Gasteiger partial charge in [0.25, 0.3) is 5.91 Å². The number of carbonyl (C=O) groups is 1. The van der Waals surface area contributed by atoms with Crippen LogP contribution in [0.3, 0.4) is 0 Å². The maximum Gasteiger partial charge on any atom is 0.251 e. The van der Waals surface area contributed by atoms with Gasteiger partial charge in [-0.1, -0.05) is 33.6 Å². The molecule has 0 aromatic carbocycles. The molecule has 106 valence electrons. The third-order valence-electron chi connectivity index (χ3n) is 3.28. The summed E-state index contributed by atoms with van der Waals surface area (Å²) in [5, 5.41) is 6.18. The Bertz CT molecular complexity index is 389. The second-order valence-electron chi connectivity index (χ2n) is 4.75. The summed E-state index contributed by atoms with van der Waals surface area (Å²) in [6, 6.07) is 3.55. The molecule has 4 heteroatoms. The van der Waals surface area contributed by atoms with E-state index in [1.54, 1.807) is 18.3 Å².